The third-order valence-electron chi connectivity index (χ3n) is 4.18. The highest BCUT2D eigenvalue weighted by atomic mass is 16.5. The predicted molar refractivity (Wildman–Crippen MR) is 68.3 cm³/mol. The van der Waals surface area contributed by atoms with Gasteiger partial charge in [-0.3, -0.25) is 4.79 Å². The lowest BCUT2D eigenvalue weighted by Crippen LogP contribution is -2.46. The van der Waals surface area contributed by atoms with Gasteiger partial charge in [0.15, 0.2) is 0 Å². The first-order valence-corrected chi connectivity index (χ1v) is 6.75. The Bertz CT molecular complexity index is 290. The summed E-state index contributed by atoms with van der Waals surface area (Å²) in [5, 5.41) is 6.22. The Morgan fingerprint density at radius 1 is 1.28 bits per heavy atom. The van der Waals surface area contributed by atoms with E-state index in [-0.39, 0.29) is 23.3 Å². The number of rotatable bonds is 4. The van der Waals surface area contributed by atoms with Gasteiger partial charge in [0.25, 0.3) is 0 Å². The molecule has 0 aromatic carbocycles. The van der Waals surface area contributed by atoms with Gasteiger partial charge in [-0.25, -0.2) is 0 Å². The van der Waals surface area contributed by atoms with E-state index >= 15 is 0 Å². The molecule has 2 fully saturated rings. The van der Waals surface area contributed by atoms with Crippen molar-refractivity contribution in [2.24, 2.45) is 11.3 Å². The van der Waals surface area contributed by atoms with Crippen LogP contribution in [0.2, 0.25) is 0 Å². The van der Waals surface area contributed by atoms with Crippen LogP contribution in [0, 0.1) is 11.3 Å². The largest absolute Gasteiger partial charge is 0.381 e. The molecule has 2 saturated heterocycles. The number of carbonyl (C=O) groups is 1. The maximum Gasteiger partial charge on any atom is 0.227 e. The van der Waals surface area contributed by atoms with E-state index in [9.17, 15) is 4.79 Å². The Kier molecular flexibility index (Phi) is 4.59. The zero-order chi connectivity index (χ0) is 13.0. The monoisotopic (exact) mass is 256 g/mol. The molecule has 5 heteroatoms. The van der Waals surface area contributed by atoms with Crippen molar-refractivity contribution in [3.63, 3.8) is 0 Å². The van der Waals surface area contributed by atoms with Crippen LogP contribution in [-0.2, 0) is 14.3 Å². The average molecular weight is 256 g/mol. The number of nitrogens with one attached hydrogen (secondary N) is 2. The summed E-state index contributed by atoms with van der Waals surface area (Å²) in [5.74, 6) is 0.0537. The van der Waals surface area contributed by atoms with Gasteiger partial charge in [-0.1, -0.05) is 6.92 Å². The van der Waals surface area contributed by atoms with Crippen LogP contribution >= 0.6 is 0 Å². The maximum atomic E-state index is 12.1. The topological polar surface area (TPSA) is 59.6 Å². The zero-order valence-electron chi connectivity index (χ0n) is 11.3. The lowest BCUT2D eigenvalue weighted by Gasteiger charge is -2.34. The fraction of sp³-hybridized carbons (Fsp3) is 0.923. The number of hydrogen-bond acceptors (Lipinski definition) is 4. The van der Waals surface area contributed by atoms with E-state index < -0.39 is 0 Å². The van der Waals surface area contributed by atoms with Gasteiger partial charge in [0, 0.05) is 25.8 Å². The van der Waals surface area contributed by atoms with Gasteiger partial charge < -0.3 is 20.1 Å². The molecule has 2 N–H and O–H groups in total. The molecule has 0 radical (unpaired) electrons. The van der Waals surface area contributed by atoms with Gasteiger partial charge in [-0.2, -0.15) is 0 Å². The van der Waals surface area contributed by atoms with Crippen LogP contribution in [0.4, 0.5) is 0 Å². The van der Waals surface area contributed by atoms with Gasteiger partial charge in [0.1, 0.15) is 0 Å². The Balaban J connectivity index is 1.80. The molecule has 0 aromatic rings. The fourth-order valence-corrected chi connectivity index (χ4v) is 2.57. The molecule has 1 amide bonds. The Morgan fingerprint density at radius 3 is 2.67 bits per heavy atom. The Morgan fingerprint density at radius 2 is 2.00 bits per heavy atom. The molecule has 2 heterocycles. The third-order valence-corrected chi connectivity index (χ3v) is 4.18. The Hall–Kier alpha value is -0.650. The third kappa shape index (κ3) is 3.22. The van der Waals surface area contributed by atoms with E-state index in [2.05, 4.69) is 17.6 Å². The fourth-order valence-electron chi connectivity index (χ4n) is 2.57. The molecular formula is C13H24N2O3. The first-order valence-electron chi connectivity index (χ1n) is 6.75. The normalized spacial score (nSPS) is 31.2. The highest BCUT2D eigenvalue weighted by molar-refractivity contribution is 5.79. The average Bonchev–Trinajstić information content (AvgIpc) is 2.85. The van der Waals surface area contributed by atoms with Crippen molar-refractivity contribution < 1.29 is 14.3 Å². The predicted octanol–water partition coefficient (Wildman–Crippen LogP) is 0.154. The summed E-state index contributed by atoms with van der Waals surface area (Å²) in [5.41, 5.74) is 0.183. The summed E-state index contributed by atoms with van der Waals surface area (Å²) in [4.78, 5) is 12.1. The molecule has 2 unspecified atom stereocenters. The first kappa shape index (κ1) is 13.8. The van der Waals surface area contributed by atoms with Crippen molar-refractivity contribution in [3.05, 3.63) is 0 Å². The van der Waals surface area contributed by atoms with Crippen LogP contribution in [-0.4, -0.2) is 52.0 Å². The smallest absolute Gasteiger partial charge is 0.227 e. The van der Waals surface area contributed by atoms with Gasteiger partial charge in [0.2, 0.25) is 5.91 Å². The molecule has 0 aromatic heterocycles. The molecule has 2 atom stereocenters. The Labute approximate surface area is 109 Å². The van der Waals surface area contributed by atoms with E-state index in [4.69, 9.17) is 9.47 Å². The molecular weight excluding hydrogens is 232 g/mol. The molecule has 5 nitrogen and oxygen atoms in total. The van der Waals surface area contributed by atoms with E-state index in [0.29, 0.717) is 13.2 Å². The molecule has 2 aliphatic rings. The van der Waals surface area contributed by atoms with Gasteiger partial charge in [-0.05, 0) is 25.3 Å². The first-order chi connectivity index (χ1) is 8.64. The van der Waals surface area contributed by atoms with Crippen LogP contribution in [0.25, 0.3) is 0 Å². The van der Waals surface area contributed by atoms with Crippen LogP contribution in [0.3, 0.4) is 0 Å². The van der Waals surface area contributed by atoms with Gasteiger partial charge >= 0.3 is 0 Å². The second kappa shape index (κ2) is 5.99. The second-order valence-corrected chi connectivity index (χ2v) is 5.68. The zero-order valence-corrected chi connectivity index (χ0v) is 11.3. The van der Waals surface area contributed by atoms with Crippen molar-refractivity contribution >= 4 is 5.91 Å². The van der Waals surface area contributed by atoms with Crippen molar-refractivity contribution in [2.75, 3.05) is 40.0 Å². The highest BCUT2D eigenvalue weighted by Gasteiger charge is 2.34. The van der Waals surface area contributed by atoms with Gasteiger partial charge in [0.05, 0.1) is 19.1 Å². The van der Waals surface area contributed by atoms with Crippen molar-refractivity contribution in [1.29, 1.82) is 0 Å². The quantitative estimate of drug-likeness (QED) is 0.752. The minimum Gasteiger partial charge on any atom is -0.381 e. The lowest BCUT2D eigenvalue weighted by atomic mass is 9.82. The van der Waals surface area contributed by atoms with E-state index in [0.717, 1.165) is 32.6 Å². The minimum absolute atomic E-state index is 0.0570. The molecule has 104 valence electrons. The minimum atomic E-state index is -0.0570. The van der Waals surface area contributed by atoms with Crippen LogP contribution in [0.15, 0.2) is 0 Å². The van der Waals surface area contributed by atoms with E-state index in [1.165, 1.54) is 0 Å². The van der Waals surface area contributed by atoms with Crippen LogP contribution in [0.1, 0.15) is 19.8 Å². The summed E-state index contributed by atoms with van der Waals surface area (Å²) in [7, 11) is 1.87. The molecule has 0 aliphatic carbocycles. The number of likely N-dealkylation sites (N-methyl/N-ethyl adjacent to an activating group) is 1. The summed E-state index contributed by atoms with van der Waals surface area (Å²) in [6, 6.07) is 0.146. The van der Waals surface area contributed by atoms with E-state index in [1.807, 2.05) is 7.05 Å². The lowest BCUT2D eigenvalue weighted by molar-refractivity contribution is -0.126. The van der Waals surface area contributed by atoms with Gasteiger partial charge in [-0.15, -0.1) is 0 Å². The van der Waals surface area contributed by atoms with Crippen molar-refractivity contribution in [3.8, 4) is 0 Å². The SMILES string of the molecule is CNC1COCC1C(=O)NCC1(C)CCOCC1. The number of hydrogen-bond donors (Lipinski definition) is 2. The maximum absolute atomic E-state index is 12.1. The van der Waals surface area contributed by atoms with Crippen LogP contribution < -0.4 is 10.6 Å². The molecule has 18 heavy (non-hydrogen) atoms. The molecule has 2 rings (SSSR count). The summed E-state index contributed by atoms with van der Waals surface area (Å²) < 4.78 is 10.7. The molecule has 0 spiro atoms. The molecule has 0 bridgehead atoms. The van der Waals surface area contributed by atoms with E-state index in [1.54, 1.807) is 0 Å². The summed E-state index contributed by atoms with van der Waals surface area (Å²) in [6.07, 6.45) is 2.04. The van der Waals surface area contributed by atoms with Crippen molar-refractivity contribution in [1.82, 2.24) is 10.6 Å². The number of amides is 1. The number of carbonyl (C=O) groups excluding carboxylic acids is 1. The highest BCUT2D eigenvalue weighted by Crippen LogP contribution is 2.28. The molecule has 0 saturated carbocycles. The molecule has 2 aliphatic heterocycles. The number of ether oxygens (including phenoxy) is 2. The van der Waals surface area contributed by atoms with Crippen molar-refractivity contribution in [2.45, 2.75) is 25.8 Å². The standard InChI is InChI=1S/C13H24N2O3/c1-13(3-5-17-6-4-13)9-15-12(16)10-7-18-8-11(10)14-2/h10-11,14H,3-9H2,1-2H3,(H,15,16). The van der Waals surface area contributed by atoms with Crippen LogP contribution in [0.5, 0.6) is 0 Å². The summed E-state index contributed by atoms with van der Waals surface area (Å²) >= 11 is 0. The second-order valence-electron chi connectivity index (χ2n) is 5.68. The summed E-state index contributed by atoms with van der Waals surface area (Å²) in [6.45, 7) is 5.71.